The molecule has 7 nitrogen and oxygen atoms in total. The van der Waals surface area contributed by atoms with Crippen molar-refractivity contribution < 1.29 is 22.4 Å². The molecule has 0 spiro atoms. The van der Waals surface area contributed by atoms with Crippen LogP contribution in [0.1, 0.15) is 49.8 Å². The number of halogens is 1. The number of para-hydroxylation sites is 1. The normalized spacial score (nSPS) is 15.9. The fourth-order valence-corrected chi connectivity index (χ4v) is 6.45. The molecule has 2 amide bonds. The van der Waals surface area contributed by atoms with Gasteiger partial charge >= 0.3 is 0 Å². The lowest BCUT2D eigenvalue weighted by Crippen LogP contribution is -2.53. The number of hydrogen-bond acceptors (Lipinski definition) is 4. The van der Waals surface area contributed by atoms with Crippen molar-refractivity contribution in [1.29, 1.82) is 0 Å². The second kappa shape index (κ2) is 9.51. The molecule has 33 heavy (non-hydrogen) atoms. The first kappa shape index (κ1) is 24.7. The van der Waals surface area contributed by atoms with Gasteiger partial charge in [-0.2, -0.15) is 0 Å². The van der Waals surface area contributed by atoms with Gasteiger partial charge in [0.25, 0.3) is 10.0 Å². The molecule has 0 radical (unpaired) electrons. The number of benzene rings is 2. The minimum atomic E-state index is -4.31. The van der Waals surface area contributed by atoms with Gasteiger partial charge in [0.05, 0.1) is 17.0 Å². The number of carbonyl (C=O) groups is 2. The quantitative estimate of drug-likeness (QED) is 0.634. The second-order valence-electron chi connectivity index (χ2n) is 8.45. The summed E-state index contributed by atoms with van der Waals surface area (Å²) >= 11 is 0. The molecule has 1 heterocycles. The number of nitrogens with zero attached hydrogens (tertiary/aromatic N) is 1. The van der Waals surface area contributed by atoms with Gasteiger partial charge in [0.2, 0.25) is 11.8 Å². The summed E-state index contributed by atoms with van der Waals surface area (Å²) in [6.45, 7) is 9.08. The number of amides is 2. The number of anilines is 2. The lowest BCUT2D eigenvalue weighted by atomic mass is 10.1. The highest BCUT2D eigenvalue weighted by Gasteiger charge is 2.43. The minimum Gasteiger partial charge on any atom is -0.353 e. The van der Waals surface area contributed by atoms with Crippen molar-refractivity contribution in [3.8, 4) is 0 Å². The molecule has 0 bridgehead atoms. The number of carbonyl (C=O) groups excluding carboxylic acids is 2. The highest BCUT2D eigenvalue weighted by molar-refractivity contribution is 7.93. The molecular weight excluding hydrogens is 445 g/mol. The average Bonchev–Trinajstić information content (AvgIpc) is 2.72. The molecule has 2 aromatic rings. The van der Waals surface area contributed by atoms with E-state index in [1.807, 2.05) is 20.8 Å². The van der Waals surface area contributed by atoms with E-state index in [0.29, 0.717) is 24.0 Å². The number of nitrogens with one attached hydrogen (secondary N) is 2. The van der Waals surface area contributed by atoms with Crippen LogP contribution in [0.2, 0.25) is 0 Å². The molecule has 1 unspecified atom stereocenters. The number of hydrogen-bond donors (Lipinski definition) is 2. The summed E-state index contributed by atoms with van der Waals surface area (Å²) in [7, 11) is -4.31. The van der Waals surface area contributed by atoms with Gasteiger partial charge < -0.3 is 10.6 Å². The summed E-state index contributed by atoms with van der Waals surface area (Å²) in [5.74, 6) is -1.95. The van der Waals surface area contributed by atoms with Gasteiger partial charge in [-0.05, 0) is 56.9 Å². The lowest BCUT2D eigenvalue weighted by Gasteiger charge is -2.37. The van der Waals surface area contributed by atoms with Crippen LogP contribution < -0.4 is 14.9 Å². The zero-order valence-corrected chi connectivity index (χ0v) is 20.3. The summed E-state index contributed by atoms with van der Waals surface area (Å²) in [5, 5.41) is 5.30. The maximum absolute atomic E-state index is 14.6. The molecule has 2 aromatic carbocycles. The molecule has 3 rings (SSSR count). The molecule has 1 atom stereocenters. The Bertz CT molecular complexity index is 1170. The van der Waals surface area contributed by atoms with Gasteiger partial charge in [-0.3, -0.25) is 13.9 Å². The van der Waals surface area contributed by atoms with Gasteiger partial charge in [0.1, 0.15) is 17.5 Å². The van der Waals surface area contributed by atoms with Crippen LogP contribution in [-0.4, -0.2) is 32.3 Å². The van der Waals surface area contributed by atoms with Gasteiger partial charge in [0.15, 0.2) is 0 Å². The topological polar surface area (TPSA) is 95.6 Å². The van der Waals surface area contributed by atoms with Crippen molar-refractivity contribution in [3.63, 3.8) is 0 Å². The molecule has 178 valence electrons. The molecule has 0 saturated carbocycles. The Balaban J connectivity index is 2.16. The Kier molecular flexibility index (Phi) is 7.11. The first-order valence-corrected chi connectivity index (χ1v) is 12.5. The first-order valence-electron chi connectivity index (χ1n) is 11.0. The number of sulfonamides is 1. The maximum Gasteiger partial charge on any atom is 0.265 e. The van der Waals surface area contributed by atoms with Crippen LogP contribution in [0.25, 0.3) is 0 Å². The highest BCUT2D eigenvalue weighted by Crippen LogP contribution is 2.40. The third-order valence-corrected chi connectivity index (χ3v) is 8.04. The smallest absolute Gasteiger partial charge is 0.265 e. The largest absolute Gasteiger partial charge is 0.353 e. The van der Waals surface area contributed by atoms with Gasteiger partial charge in [-0.25, -0.2) is 12.8 Å². The van der Waals surface area contributed by atoms with Crippen LogP contribution >= 0.6 is 0 Å². The molecule has 0 aliphatic carbocycles. The predicted molar refractivity (Wildman–Crippen MR) is 126 cm³/mol. The molecule has 9 heteroatoms. The molecular formula is C24H30FN3O4S. The van der Waals surface area contributed by atoms with Gasteiger partial charge in [0, 0.05) is 6.04 Å². The Labute approximate surface area is 194 Å². The third kappa shape index (κ3) is 4.73. The molecule has 0 saturated heterocycles. The molecule has 0 fully saturated rings. The first-order chi connectivity index (χ1) is 15.5. The molecule has 1 aliphatic heterocycles. The van der Waals surface area contributed by atoms with E-state index in [0.717, 1.165) is 15.9 Å². The van der Waals surface area contributed by atoms with Crippen molar-refractivity contribution in [2.24, 2.45) is 0 Å². The fourth-order valence-electron chi connectivity index (χ4n) is 4.40. The van der Waals surface area contributed by atoms with E-state index in [1.165, 1.54) is 12.1 Å². The Hall–Kier alpha value is -2.94. The Morgan fingerprint density at radius 2 is 1.76 bits per heavy atom. The van der Waals surface area contributed by atoms with E-state index in [-0.39, 0.29) is 28.7 Å². The number of fused-ring (bicyclic) bond motifs is 1. The zero-order valence-electron chi connectivity index (χ0n) is 19.5. The SMILES string of the molecule is CCC(CC)NC(=O)CC1C(=O)Nc2c(F)cccc2N1S(=O)(=O)c1c(C)cc(C)cc1C. The van der Waals surface area contributed by atoms with Crippen molar-refractivity contribution in [2.75, 3.05) is 9.62 Å². The molecule has 1 aliphatic rings. The van der Waals surface area contributed by atoms with Crippen LogP contribution in [0.15, 0.2) is 35.2 Å². The van der Waals surface area contributed by atoms with E-state index in [2.05, 4.69) is 10.6 Å². The number of aryl methyl sites for hydroxylation is 3. The summed E-state index contributed by atoms with van der Waals surface area (Å²) in [4.78, 5) is 25.8. The zero-order chi connectivity index (χ0) is 24.5. The molecule has 2 N–H and O–H groups in total. The third-order valence-electron chi connectivity index (χ3n) is 5.91. The fraction of sp³-hybridized carbons (Fsp3) is 0.417. The van der Waals surface area contributed by atoms with E-state index >= 15 is 0 Å². The van der Waals surface area contributed by atoms with Crippen LogP contribution in [0.5, 0.6) is 0 Å². The van der Waals surface area contributed by atoms with Crippen molar-refractivity contribution >= 4 is 33.2 Å². The van der Waals surface area contributed by atoms with E-state index in [4.69, 9.17) is 0 Å². The van der Waals surface area contributed by atoms with E-state index in [1.54, 1.807) is 26.0 Å². The second-order valence-corrected chi connectivity index (χ2v) is 10.2. The van der Waals surface area contributed by atoms with Crippen LogP contribution in [0.3, 0.4) is 0 Å². The molecule has 0 aromatic heterocycles. The van der Waals surface area contributed by atoms with E-state index < -0.39 is 33.7 Å². The average molecular weight is 476 g/mol. The van der Waals surface area contributed by atoms with Crippen LogP contribution in [0, 0.1) is 26.6 Å². The van der Waals surface area contributed by atoms with Crippen molar-refractivity contribution in [2.45, 2.75) is 70.9 Å². The predicted octanol–water partition coefficient (Wildman–Crippen LogP) is 3.96. The van der Waals surface area contributed by atoms with Gasteiger partial charge in [-0.1, -0.05) is 37.6 Å². The highest BCUT2D eigenvalue weighted by atomic mass is 32.2. The Morgan fingerprint density at radius 1 is 1.15 bits per heavy atom. The minimum absolute atomic E-state index is 0.00527. The monoisotopic (exact) mass is 475 g/mol. The Morgan fingerprint density at radius 3 is 2.33 bits per heavy atom. The summed E-state index contributed by atoms with van der Waals surface area (Å²) in [6.07, 6.45) is 1.02. The number of rotatable bonds is 7. The lowest BCUT2D eigenvalue weighted by molar-refractivity contribution is -0.125. The van der Waals surface area contributed by atoms with Crippen LogP contribution in [0.4, 0.5) is 15.8 Å². The van der Waals surface area contributed by atoms with Crippen molar-refractivity contribution in [1.82, 2.24) is 5.32 Å². The van der Waals surface area contributed by atoms with E-state index in [9.17, 15) is 22.4 Å². The standard InChI is InChI=1S/C24H30FN3O4S/c1-6-17(7-2)26-21(29)13-20-24(30)27-22-18(25)9-8-10-19(22)28(20)33(31,32)23-15(4)11-14(3)12-16(23)5/h8-12,17,20H,6-7,13H2,1-5H3,(H,26,29)(H,27,30). The summed E-state index contributed by atoms with van der Waals surface area (Å²) < 4.78 is 43.4. The van der Waals surface area contributed by atoms with Crippen molar-refractivity contribution in [3.05, 3.63) is 52.8 Å². The summed E-state index contributed by atoms with van der Waals surface area (Å²) in [5.41, 5.74) is 1.70. The summed E-state index contributed by atoms with van der Waals surface area (Å²) in [6, 6.07) is 5.99. The van der Waals surface area contributed by atoms with Crippen LogP contribution in [-0.2, 0) is 19.6 Å². The van der Waals surface area contributed by atoms with Gasteiger partial charge in [-0.15, -0.1) is 0 Å². The maximum atomic E-state index is 14.6.